The van der Waals surface area contributed by atoms with Gasteiger partial charge in [0.1, 0.15) is 11.5 Å². The fourth-order valence-electron chi connectivity index (χ4n) is 3.53. The van der Waals surface area contributed by atoms with Gasteiger partial charge in [-0.15, -0.1) is 0 Å². The molecule has 2 aromatic rings. The summed E-state index contributed by atoms with van der Waals surface area (Å²) in [5, 5.41) is 2.78. The molecule has 1 aliphatic rings. The van der Waals surface area contributed by atoms with Crippen molar-refractivity contribution in [3.63, 3.8) is 0 Å². The fraction of sp³-hybridized carbons (Fsp3) is 0.409. The van der Waals surface area contributed by atoms with Crippen molar-refractivity contribution in [3.05, 3.63) is 46.9 Å². The van der Waals surface area contributed by atoms with Gasteiger partial charge in [-0.3, -0.25) is 14.4 Å². The highest BCUT2D eigenvalue weighted by molar-refractivity contribution is 6.07. The van der Waals surface area contributed by atoms with Crippen LogP contribution in [0.2, 0.25) is 0 Å². The Hall–Kier alpha value is -3.09. The topological polar surface area (TPSA) is 88.8 Å². The maximum Gasteiger partial charge on any atom is 0.291 e. The van der Waals surface area contributed by atoms with Crippen molar-refractivity contribution in [2.24, 2.45) is 0 Å². The first-order valence-electron chi connectivity index (χ1n) is 9.92. The molecule has 1 aromatic carbocycles. The molecule has 1 N–H and O–H groups in total. The Bertz CT molecular complexity index is 927. The number of amides is 2. The first-order chi connectivity index (χ1) is 13.9. The van der Waals surface area contributed by atoms with Crippen LogP contribution in [0.4, 0.5) is 5.69 Å². The summed E-state index contributed by atoms with van der Waals surface area (Å²) in [5.41, 5.74) is 1.65. The van der Waals surface area contributed by atoms with Gasteiger partial charge in [-0.05, 0) is 39.3 Å². The number of Topliss-reactive ketones (excluding diaryl/α,β-unsaturated/α-hetero) is 1. The fourth-order valence-corrected chi connectivity index (χ4v) is 3.53. The number of aryl methyl sites for hydroxylation is 1. The number of rotatable bonds is 7. The van der Waals surface area contributed by atoms with Gasteiger partial charge in [-0.1, -0.05) is 6.07 Å². The van der Waals surface area contributed by atoms with Gasteiger partial charge in [-0.2, -0.15) is 0 Å². The molecule has 1 aromatic heterocycles. The summed E-state index contributed by atoms with van der Waals surface area (Å²) in [6.07, 6.45) is 1.89. The minimum absolute atomic E-state index is 0.0276. The standard InChI is InChI=1S/C22H26N2O5/c1-4-24(5-2)19(26)13-28-16-9-6-8-15(12-16)23-22(27)21-14(3)20-17(25)10-7-11-18(20)29-21/h6,8-9,12H,4-5,7,10-11,13H2,1-3H3,(H,23,27). The average molecular weight is 398 g/mol. The summed E-state index contributed by atoms with van der Waals surface area (Å²) in [6, 6.07) is 6.83. The van der Waals surface area contributed by atoms with Crippen LogP contribution >= 0.6 is 0 Å². The third-order valence-electron chi connectivity index (χ3n) is 5.08. The summed E-state index contributed by atoms with van der Waals surface area (Å²) >= 11 is 0. The van der Waals surface area contributed by atoms with Gasteiger partial charge in [0.15, 0.2) is 18.2 Å². The van der Waals surface area contributed by atoms with Crippen molar-refractivity contribution in [2.45, 2.75) is 40.0 Å². The quantitative estimate of drug-likeness (QED) is 0.770. The summed E-state index contributed by atoms with van der Waals surface area (Å²) in [7, 11) is 0. The molecular formula is C22H26N2O5. The molecule has 154 valence electrons. The Morgan fingerprint density at radius 2 is 1.97 bits per heavy atom. The predicted molar refractivity (Wildman–Crippen MR) is 109 cm³/mol. The normalized spacial score (nSPS) is 13.0. The van der Waals surface area contributed by atoms with Crippen LogP contribution in [0, 0.1) is 6.92 Å². The number of benzene rings is 1. The third-order valence-corrected chi connectivity index (χ3v) is 5.08. The molecule has 0 radical (unpaired) electrons. The number of hydrogen-bond donors (Lipinski definition) is 1. The van der Waals surface area contributed by atoms with Crippen LogP contribution in [0.3, 0.4) is 0 Å². The zero-order valence-corrected chi connectivity index (χ0v) is 17.0. The highest BCUT2D eigenvalue weighted by Crippen LogP contribution is 2.30. The number of ketones is 1. The molecule has 0 bridgehead atoms. The van der Waals surface area contributed by atoms with Gasteiger partial charge in [0, 0.05) is 43.2 Å². The highest BCUT2D eigenvalue weighted by atomic mass is 16.5. The van der Waals surface area contributed by atoms with Gasteiger partial charge in [0.25, 0.3) is 11.8 Å². The number of anilines is 1. The molecule has 1 heterocycles. The Morgan fingerprint density at radius 1 is 1.21 bits per heavy atom. The average Bonchev–Trinajstić information content (AvgIpc) is 3.05. The molecule has 1 aliphatic carbocycles. The lowest BCUT2D eigenvalue weighted by atomic mass is 9.94. The van der Waals surface area contributed by atoms with Crippen molar-refractivity contribution in [2.75, 3.05) is 25.0 Å². The second-order valence-electron chi connectivity index (χ2n) is 6.97. The maximum atomic E-state index is 12.7. The molecule has 0 unspecified atom stereocenters. The Morgan fingerprint density at radius 3 is 2.66 bits per heavy atom. The minimum Gasteiger partial charge on any atom is -0.484 e. The van der Waals surface area contributed by atoms with E-state index in [2.05, 4.69) is 5.32 Å². The van der Waals surface area contributed by atoms with Gasteiger partial charge >= 0.3 is 0 Å². The zero-order valence-electron chi connectivity index (χ0n) is 17.0. The molecule has 0 spiro atoms. The monoisotopic (exact) mass is 398 g/mol. The van der Waals surface area contributed by atoms with E-state index in [1.165, 1.54) is 0 Å². The van der Waals surface area contributed by atoms with E-state index < -0.39 is 5.91 Å². The van der Waals surface area contributed by atoms with E-state index in [4.69, 9.17) is 9.15 Å². The Kier molecular flexibility index (Phi) is 6.36. The number of nitrogens with zero attached hydrogens (tertiary/aromatic N) is 1. The summed E-state index contributed by atoms with van der Waals surface area (Å²) in [6.45, 7) is 6.76. The van der Waals surface area contributed by atoms with E-state index in [-0.39, 0.29) is 24.1 Å². The summed E-state index contributed by atoms with van der Waals surface area (Å²) in [4.78, 5) is 38.6. The van der Waals surface area contributed by atoms with Gasteiger partial charge in [0.2, 0.25) is 0 Å². The maximum absolute atomic E-state index is 12.7. The van der Waals surface area contributed by atoms with Crippen LogP contribution in [0.15, 0.2) is 28.7 Å². The molecule has 0 saturated heterocycles. The zero-order chi connectivity index (χ0) is 21.0. The predicted octanol–water partition coefficient (Wildman–Crippen LogP) is 3.61. The molecule has 3 rings (SSSR count). The van der Waals surface area contributed by atoms with E-state index in [0.717, 1.165) is 6.42 Å². The second kappa shape index (κ2) is 8.94. The van der Waals surface area contributed by atoms with Crippen molar-refractivity contribution in [1.29, 1.82) is 0 Å². The van der Waals surface area contributed by atoms with Crippen LogP contribution in [0.1, 0.15) is 58.9 Å². The van der Waals surface area contributed by atoms with E-state index in [1.54, 1.807) is 36.1 Å². The van der Waals surface area contributed by atoms with Crippen molar-refractivity contribution in [1.82, 2.24) is 4.90 Å². The minimum atomic E-state index is -0.416. The first kappa shape index (κ1) is 20.6. The SMILES string of the molecule is CCN(CC)C(=O)COc1cccc(NC(=O)c2oc3c(c2C)C(=O)CCC3)c1. The number of likely N-dealkylation sites (N-methyl/N-ethyl adjacent to an activating group) is 1. The molecular weight excluding hydrogens is 372 g/mol. The lowest BCUT2D eigenvalue weighted by Gasteiger charge is -2.18. The number of carbonyl (C=O) groups excluding carboxylic acids is 3. The van der Waals surface area contributed by atoms with Crippen LogP contribution in [0.5, 0.6) is 5.75 Å². The molecule has 29 heavy (non-hydrogen) atoms. The number of fused-ring (bicyclic) bond motifs is 1. The van der Waals surface area contributed by atoms with Crippen LogP contribution in [-0.2, 0) is 11.2 Å². The number of furan rings is 1. The second-order valence-corrected chi connectivity index (χ2v) is 6.97. The van der Waals surface area contributed by atoms with Gasteiger partial charge < -0.3 is 19.4 Å². The largest absolute Gasteiger partial charge is 0.484 e. The van der Waals surface area contributed by atoms with E-state index in [1.807, 2.05) is 13.8 Å². The van der Waals surface area contributed by atoms with E-state index in [0.29, 0.717) is 54.3 Å². The molecule has 0 atom stereocenters. The van der Waals surface area contributed by atoms with Crippen molar-refractivity contribution >= 4 is 23.3 Å². The van der Waals surface area contributed by atoms with E-state index in [9.17, 15) is 14.4 Å². The number of carbonyl (C=O) groups is 3. The molecule has 0 aliphatic heterocycles. The summed E-state index contributed by atoms with van der Waals surface area (Å²) in [5.74, 6) is 0.755. The van der Waals surface area contributed by atoms with Crippen molar-refractivity contribution in [3.8, 4) is 5.75 Å². The molecule has 0 saturated carbocycles. The number of hydrogen-bond acceptors (Lipinski definition) is 5. The Balaban J connectivity index is 1.68. The van der Waals surface area contributed by atoms with Crippen LogP contribution in [0.25, 0.3) is 0 Å². The summed E-state index contributed by atoms with van der Waals surface area (Å²) < 4.78 is 11.3. The lowest BCUT2D eigenvalue weighted by molar-refractivity contribution is -0.132. The number of nitrogens with one attached hydrogen (secondary N) is 1. The molecule has 0 fully saturated rings. The smallest absolute Gasteiger partial charge is 0.291 e. The highest BCUT2D eigenvalue weighted by Gasteiger charge is 2.28. The first-order valence-corrected chi connectivity index (χ1v) is 9.92. The van der Waals surface area contributed by atoms with Crippen molar-refractivity contribution < 1.29 is 23.5 Å². The van der Waals surface area contributed by atoms with Gasteiger partial charge in [0.05, 0.1) is 5.56 Å². The van der Waals surface area contributed by atoms with Gasteiger partial charge in [-0.25, -0.2) is 0 Å². The third kappa shape index (κ3) is 4.50. The number of ether oxygens (including phenoxy) is 1. The van der Waals surface area contributed by atoms with Crippen LogP contribution in [-0.4, -0.2) is 42.2 Å². The van der Waals surface area contributed by atoms with Crippen LogP contribution < -0.4 is 10.1 Å². The lowest BCUT2D eigenvalue weighted by Crippen LogP contribution is -2.34. The van der Waals surface area contributed by atoms with E-state index >= 15 is 0 Å². The molecule has 7 heteroatoms. The molecule has 2 amide bonds. The Labute approximate surface area is 170 Å². The molecule has 7 nitrogen and oxygen atoms in total.